The van der Waals surface area contributed by atoms with Crippen molar-refractivity contribution in [2.75, 3.05) is 6.61 Å². The number of carbonyl (C=O) groups is 1. The Labute approximate surface area is 150 Å². The number of hydrogen-bond acceptors (Lipinski definition) is 4. The number of hydrogen-bond donors (Lipinski definition) is 2. The predicted molar refractivity (Wildman–Crippen MR) is 93.5 cm³/mol. The Kier molecular flexibility index (Phi) is 5.94. The molecular formula is C17H20F2N2O3S. The molecule has 0 spiro atoms. The van der Waals surface area contributed by atoms with Crippen LogP contribution in [0.2, 0.25) is 0 Å². The van der Waals surface area contributed by atoms with Crippen molar-refractivity contribution in [2.45, 2.75) is 40.3 Å². The lowest BCUT2D eigenvalue weighted by Crippen LogP contribution is -2.45. The van der Waals surface area contributed by atoms with Crippen molar-refractivity contribution in [1.82, 2.24) is 10.6 Å². The molecule has 0 aliphatic carbocycles. The molecule has 2 rings (SSSR count). The average Bonchev–Trinajstić information content (AvgIpc) is 2.49. The molecule has 0 amide bonds. The molecule has 1 aromatic rings. The van der Waals surface area contributed by atoms with Gasteiger partial charge in [0.05, 0.1) is 18.2 Å². The maximum absolute atomic E-state index is 12.6. The van der Waals surface area contributed by atoms with Gasteiger partial charge in [0.1, 0.15) is 5.75 Å². The summed E-state index contributed by atoms with van der Waals surface area (Å²) in [7, 11) is 0. The van der Waals surface area contributed by atoms with Crippen molar-refractivity contribution in [3.63, 3.8) is 0 Å². The highest BCUT2D eigenvalue weighted by Gasteiger charge is 2.31. The number of esters is 1. The van der Waals surface area contributed by atoms with Gasteiger partial charge in [-0.15, -0.1) is 0 Å². The lowest BCUT2D eigenvalue weighted by Gasteiger charge is -2.30. The minimum atomic E-state index is -2.90. The van der Waals surface area contributed by atoms with Gasteiger partial charge in [-0.1, -0.05) is 0 Å². The van der Waals surface area contributed by atoms with Crippen LogP contribution in [0.1, 0.15) is 36.6 Å². The molecule has 1 aliphatic heterocycles. The normalized spacial score (nSPS) is 17.2. The molecule has 25 heavy (non-hydrogen) atoms. The van der Waals surface area contributed by atoms with Gasteiger partial charge in [-0.2, -0.15) is 8.78 Å². The lowest BCUT2D eigenvalue weighted by molar-refractivity contribution is -0.139. The lowest BCUT2D eigenvalue weighted by atomic mass is 9.93. The van der Waals surface area contributed by atoms with Crippen LogP contribution in [-0.2, 0) is 9.53 Å². The van der Waals surface area contributed by atoms with Crippen LogP contribution in [0.3, 0.4) is 0 Å². The van der Waals surface area contributed by atoms with Gasteiger partial charge in [-0.05, 0) is 68.7 Å². The van der Waals surface area contributed by atoms with Crippen molar-refractivity contribution < 1.29 is 23.0 Å². The number of ether oxygens (including phenoxy) is 2. The van der Waals surface area contributed by atoms with Crippen molar-refractivity contribution >= 4 is 23.3 Å². The first-order chi connectivity index (χ1) is 11.7. The Balaban J connectivity index is 2.49. The zero-order chi connectivity index (χ0) is 18.7. The van der Waals surface area contributed by atoms with Gasteiger partial charge < -0.3 is 20.1 Å². The predicted octanol–water partition coefficient (Wildman–Crippen LogP) is 3.26. The molecule has 5 nitrogen and oxygen atoms in total. The quantitative estimate of drug-likeness (QED) is 0.613. The molecule has 8 heteroatoms. The summed E-state index contributed by atoms with van der Waals surface area (Å²) in [5, 5.41) is 6.32. The van der Waals surface area contributed by atoms with E-state index in [0.717, 1.165) is 0 Å². The fourth-order valence-electron chi connectivity index (χ4n) is 2.85. The third kappa shape index (κ3) is 4.25. The Bertz CT molecular complexity index is 712. The molecule has 0 unspecified atom stereocenters. The molecule has 1 aromatic carbocycles. The van der Waals surface area contributed by atoms with Crippen LogP contribution in [-0.4, -0.2) is 24.3 Å². The summed E-state index contributed by atoms with van der Waals surface area (Å²) in [6.07, 6.45) is 0. The Morgan fingerprint density at radius 3 is 2.40 bits per heavy atom. The smallest absolute Gasteiger partial charge is 0.387 e. The zero-order valence-corrected chi connectivity index (χ0v) is 15.2. The van der Waals surface area contributed by atoms with E-state index in [1.807, 2.05) is 0 Å². The fourth-order valence-corrected chi connectivity index (χ4v) is 3.12. The van der Waals surface area contributed by atoms with Crippen molar-refractivity contribution in [3.8, 4) is 5.75 Å². The SMILES string of the molecule is CCOC(=O)C1=C(C)NC(=S)N[C@@H]1c1cc(C)c(OC(F)F)c(C)c1. The second-order valence-corrected chi connectivity index (χ2v) is 6.06. The summed E-state index contributed by atoms with van der Waals surface area (Å²) in [6, 6.07) is 2.86. The van der Waals surface area contributed by atoms with E-state index >= 15 is 0 Å². The molecule has 0 radical (unpaired) electrons. The fraction of sp³-hybridized carbons (Fsp3) is 0.412. The third-order valence-corrected chi connectivity index (χ3v) is 4.01. The Hall–Kier alpha value is -2.22. The van der Waals surface area contributed by atoms with E-state index < -0.39 is 18.6 Å². The summed E-state index contributed by atoms with van der Waals surface area (Å²) in [4.78, 5) is 12.4. The van der Waals surface area contributed by atoms with Crippen LogP contribution in [0.5, 0.6) is 5.75 Å². The van der Waals surface area contributed by atoms with E-state index in [9.17, 15) is 13.6 Å². The monoisotopic (exact) mass is 370 g/mol. The molecule has 136 valence electrons. The summed E-state index contributed by atoms with van der Waals surface area (Å²) < 4.78 is 34.8. The molecule has 1 atom stereocenters. The molecule has 1 heterocycles. The highest BCUT2D eigenvalue weighted by Crippen LogP contribution is 2.33. The van der Waals surface area contributed by atoms with Crippen LogP contribution < -0.4 is 15.4 Å². The molecular weight excluding hydrogens is 350 g/mol. The van der Waals surface area contributed by atoms with E-state index in [2.05, 4.69) is 15.4 Å². The van der Waals surface area contributed by atoms with Crippen molar-refractivity contribution in [1.29, 1.82) is 0 Å². The van der Waals surface area contributed by atoms with Crippen LogP contribution in [0.25, 0.3) is 0 Å². The first kappa shape index (κ1) is 19.1. The second kappa shape index (κ2) is 7.77. The number of carbonyl (C=O) groups excluding carboxylic acids is 1. The molecule has 0 fully saturated rings. The first-order valence-electron chi connectivity index (χ1n) is 7.76. The Morgan fingerprint density at radius 1 is 1.28 bits per heavy atom. The molecule has 0 saturated carbocycles. The summed E-state index contributed by atoms with van der Waals surface area (Å²) in [6.45, 7) is 4.15. The van der Waals surface area contributed by atoms with Crippen molar-refractivity contribution in [3.05, 3.63) is 40.1 Å². The maximum Gasteiger partial charge on any atom is 0.387 e. The number of nitrogens with one attached hydrogen (secondary N) is 2. The van der Waals surface area contributed by atoms with E-state index in [-0.39, 0.29) is 12.4 Å². The number of benzene rings is 1. The number of alkyl halides is 2. The van der Waals surface area contributed by atoms with Crippen molar-refractivity contribution in [2.24, 2.45) is 0 Å². The van der Waals surface area contributed by atoms with E-state index in [1.165, 1.54) is 0 Å². The van der Waals surface area contributed by atoms with Gasteiger partial charge in [0.2, 0.25) is 0 Å². The number of rotatable bonds is 5. The molecule has 0 saturated heterocycles. The average molecular weight is 370 g/mol. The van der Waals surface area contributed by atoms with Crippen LogP contribution in [0.4, 0.5) is 8.78 Å². The van der Waals surface area contributed by atoms with Gasteiger partial charge in [0.25, 0.3) is 0 Å². The molecule has 0 aromatic heterocycles. The molecule has 1 aliphatic rings. The minimum Gasteiger partial charge on any atom is -0.463 e. The van der Waals surface area contributed by atoms with Gasteiger partial charge in [-0.3, -0.25) is 0 Å². The highest BCUT2D eigenvalue weighted by molar-refractivity contribution is 7.80. The second-order valence-electron chi connectivity index (χ2n) is 5.65. The number of allylic oxidation sites excluding steroid dienone is 1. The standard InChI is InChI=1S/C17H20F2N2O3S/c1-5-23-15(22)12-10(4)20-17(25)21-13(12)11-6-8(2)14(9(3)7-11)24-16(18)19/h6-7,13,16H,5H2,1-4H3,(H2,20,21,25)/t13-/m1/s1. The maximum atomic E-state index is 12.6. The summed E-state index contributed by atoms with van der Waals surface area (Å²) in [5.41, 5.74) is 2.79. The summed E-state index contributed by atoms with van der Waals surface area (Å²) >= 11 is 5.18. The Morgan fingerprint density at radius 2 is 1.88 bits per heavy atom. The highest BCUT2D eigenvalue weighted by atomic mass is 32.1. The minimum absolute atomic E-state index is 0.133. The summed E-state index contributed by atoms with van der Waals surface area (Å²) in [5.74, 6) is -0.329. The van der Waals surface area contributed by atoms with Crippen LogP contribution in [0.15, 0.2) is 23.4 Å². The molecule has 2 N–H and O–H groups in total. The third-order valence-electron chi connectivity index (χ3n) is 3.79. The topological polar surface area (TPSA) is 59.6 Å². The van der Waals surface area contributed by atoms with Crippen LogP contribution >= 0.6 is 12.2 Å². The van der Waals surface area contributed by atoms with E-state index in [4.69, 9.17) is 17.0 Å². The number of thiocarbonyl (C=S) groups is 1. The number of aryl methyl sites for hydroxylation is 2. The van der Waals surface area contributed by atoms with Gasteiger partial charge in [-0.25, -0.2) is 4.79 Å². The largest absolute Gasteiger partial charge is 0.463 e. The zero-order valence-electron chi connectivity index (χ0n) is 14.4. The first-order valence-corrected chi connectivity index (χ1v) is 8.16. The van der Waals surface area contributed by atoms with Crippen LogP contribution in [0, 0.1) is 13.8 Å². The van der Waals surface area contributed by atoms with Gasteiger partial charge >= 0.3 is 12.6 Å². The number of halogens is 2. The van der Waals surface area contributed by atoms with Gasteiger partial charge in [0.15, 0.2) is 5.11 Å². The molecule has 0 bridgehead atoms. The van der Waals surface area contributed by atoms with E-state index in [1.54, 1.807) is 39.8 Å². The van der Waals surface area contributed by atoms with Gasteiger partial charge in [0, 0.05) is 5.70 Å². The van der Waals surface area contributed by atoms with E-state index in [0.29, 0.717) is 33.1 Å².